The van der Waals surface area contributed by atoms with E-state index in [1.807, 2.05) is 30.3 Å². The number of allylic oxidation sites excluding steroid dienone is 1. The number of para-hydroxylation sites is 1. The molecular weight excluding hydrogens is 192 g/mol. The summed E-state index contributed by atoms with van der Waals surface area (Å²) in [5, 5.41) is 3.83. The maximum Gasteiger partial charge on any atom is 0.223 e. The Hall–Kier alpha value is -2.10. The standard InChI is InChI=1S/C11H10N2O2/c12-11(14)7-9-6-5-8-3-1-2-4-10(8)15-13-9/h1-6H,7H2,(H2,12,14). The van der Waals surface area contributed by atoms with E-state index in [0.717, 1.165) is 5.56 Å². The fourth-order valence-electron chi connectivity index (χ4n) is 1.30. The van der Waals surface area contributed by atoms with Crippen LogP contribution in [0.4, 0.5) is 0 Å². The van der Waals surface area contributed by atoms with Gasteiger partial charge in [0.25, 0.3) is 0 Å². The van der Waals surface area contributed by atoms with Crippen molar-refractivity contribution in [2.75, 3.05) is 0 Å². The van der Waals surface area contributed by atoms with Gasteiger partial charge in [0.2, 0.25) is 5.91 Å². The Labute approximate surface area is 87.0 Å². The highest BCUT2D eigenvalue weighted by Gasteiger charge is 2.07. The third kappa shape index (κ3) is 2.22. The maximum atomic E-state index is 10.7. The smallest absolute Gasteiger partial charge is 0.223 e. The van der Waals surface area contributed by atoms with Crippen molar-refractivity contribution in [3.05, 3.63) is 35.9 Å². The molecule has 2 N–H and O–H groups in total. The van der Waals surface area contributed by atoms with Crippen LogP contribution >= 0.6 is 0 Å². The van der Waals surface area contributed by atoms with Gasteiger partial charge in [-0.2, -0.15) is 0 Å². The van der Waals surface area contributed by atoms with Crippen molar-refractivity contribution < 1.29 is 9.63 Å². The number of nitrogens with zero attached hydrogens (tertiary/aromatic N) is 1. The fourth-order valence-corrected chi connectivity index (χ4v) is 1.30. The largest absolute Gasteiger partial charge is 0.369 e. The number of amides is 1. The summed E-state index contributed by atoms with van der Waals surface area (Å²) in [5.74, 6) is 0.251. The molecule has 0 bridgehead atoms. The highest BCUT2D eigenvalue weighted by Crippen LogP contribution is 2.21. The average molecular weight is 202 g/mol. The van der Waals surface area contributed by atoms with E-state index in [9.17, 15) is 4.79 Å². The molecule has 1 aliphatic heterocycles. The summed E-state index contributed by atoms with van der Waals surface area (Å²) in [5.41, 5.74) is 6.53. The monoisotopic (exact) mass is 202 g/mol. The number of primary amides is 1. The Bertz CT molecular complexity index is 450. The molecule has 4 nitrogen and oxygen atoms in total. The van der Waals surface area contributed by atoms with Crippen molar-refractivity contribution in [3.63, 3.8) is 0 Å². The first-order valence-electron chi connectivity index (χ1n) is 4.55. The van der Waals surface area contributed by atoms with Crippen LogP contribution in [0.25, 0.3) is 6.08 Å². The normalized spacial score (nSPS) is 13.5. The lowest BCUT2D eigenvalue weighted by atomic mass is 10.1. The molecule has 0 unspecified atom stereocenters. The highest BCUT2D eigenvalue weighted by molar-refractivity contribution is 6.08. The van der Waals surface area contributed by atoms with Crippen LogP contribution in [0.15, 0.2) is 35.5 Å². The van der Waals surface area contributed by atoms with Crippen LogP contribution in [0, 0.1) is 0 Å². The van der Waals surface area contributed by atoms with Crippen molar-refractivity contribution >= 4 is 17.7 Å². The van der Waals surface area contributed by atoms with E-state index in [1.165, 1.54) is 0 Å². The van der Waals surface area contributed by atoms with E-state index in [4.69, 9.17) is 10.6 Å². The van der Waals surface area contributed by atoms with Crippen LogP contribution in [0.3, 0.4) is 0 Å². The Balaban J connectivity index is 2.25. The van der Waals surface area contributed by atoms with Crippen LogP contribution in [-0.2, 0) is 4.79 Å². The molecule has 0 saturated heterocycles. The second kappa shape index (κ2) is 3.96. The SMILES string of the molecule is NC(=O)CC1=NOc2ccccc2C=C1. The van der Waals surface area contributed by atoms with Gasteiger partial charge in [0.1, 0.15) is 0 Å². The molecule has 4 heteroatoms. The molecule has 76 valence electrons. The second-order valence-electron chi connectivity index (χ2n) is 3.19. The fraction of sp³-hybridized carbons (Fsp3) is 0.0909. The van der Waals surface area contributed by atoms with Gasteiger partial charge in [-0.1, -0.05) is 23.4 Å². The third-order valence-electron chi connectivity index (χ3n) is 1.99. The summed E-state index contributed by atoms with van der Waals surface area (Å²) < 4.78 is 0. The Kier molecular flexibility index (Phi) is 2.49. The van der Waals surface area contributed by atoms with E-state index in [-0.39, 0.29) is 6.42 Å². The molecule has 0 radical (unpaired) electrons. The lowest BCUT2D eigenvalue weighted by Crippen LogP contribution is -2.15. The molecule has 1 aromatic rings. The van der Waals surface area contributed by atoms with Crippen LogP contribution < -0.4 is 10.6 Å². The number of carbonyl (C=O) groups excluding carboxylic acids is 1. The van der Waals surface area contributed by atoms with Gasteiger partial charge >= 0.3 is 0 Å². The average Bonchev–Trinajstić information content (AvgIpc) is 2.41. The topological polar surface area (TPSA) is 64.7 Å². The first-order chi connectivity index (χ1) is 7.25. The Morgan fingerprint density at radius 1 is 1.33 bits per heavy atom. The molecular formula is C11H10N2O2. The molecule has 1 aromatic carbocycles. The number of rotatable bonds is 2. The van der Waals surface area contributed by atoms with E-state index < -0.39 is 5.91 Å². The summed E-state index contributed by atoms with van der Waals surface area (Å²) in [7, 11) is 0. The Morgan fingerprint density at radius 2 is 2.13 bits per heavy atom. The van der Waals surface area contributed by atoms with Gasteiger partial charge < -0.3 is 10.6 Å². The number of fused-ring (bicyclic) bond motifs is 1. The molecule has 0 atom stereocenters. The number of hydrogen-bond donors (Lipinski definition) is 1. The first-order valence-corrected chi connectivity index (χ1v) is 4.55. The third-order valence-corrected chi connectivity index (χ3v) is 1.99. The minimum atomic E-state index is -0.423. The summed E-state index contributed by atoms with van der Waals surface area (Å²) in [6.07, 6.45) is 3.67. The predicted octanol–water partition coefficient (Wildman–Crippen LogP) is 1.32. The second-order valence-corrected chi connectivity index (χ2v) is 3.19. The molecule has 0 fully saturated rings. The molecule has 1 heterocycles. The van der Waals surface area contributed by atoms with Crippen molar-refractivity contribution in [1.82, 2.24) is 0 Å². The highest BCUT2D eigenvalue weighted by atomic mass is 16.6. The van der Waals surface area contributed by atoms with Crippen molar-refractivity contribution in [3.8, 4) is 5.75 Å². The van der Waals surface area contributed by atoms with Crippen molar-refractivity contribution in [1.29, 1.82) is 0 Å². The zero-order valence-corrected chi connectivity index (χ0v) is 8.01. The minimum absolute atomic E-state index is 0.0878. The molecule has 0 saturated carbocycles. The number of carbonyl (C=O) groups is 1. The number of benzene rings is 1. The first kappa shape index (κ1) is 9.45. The molecule has 0 spiro atoms. The van der Waals surface area contributed by atoms with E-state index >= 15 is 0 Å². The van der Waals surface area contributed by atoms with Gasteiger partial charge in [0, 0.05) is 5.56 Å². The zero-order chi connectivity index (χ0) is 10.7. The summed E-state index contributed by atoms with van der Waals surface area (Å²) in [6, 6.07) is 7.50. The molecule has 1 aliphatic rings. The molecule has 0 aromatic heterocycles. The summed E-state index contributed by atoms with van der Waals surface area (Å²) >= 11 is 0. The molecule has 1 amide bonds. The number of nitrogens with two attached hydrogens (primary N) is 1. The quantitative estimate of drug-likeness (QED) is 0.786. The van der Waals surface area contributed by atoms with Gasteiger partial charge in [-0.3, -0.25) is 4.79 Å². The zero-order valence-electron chi connectivity index (χ0n) is 8.01. The van der Waals surface area contributed by atoms with Gasteiger partial charge in [-0.15, -0.1) is 0 Å². The van der Waals surface area contributed by atoms with E-state index in [2.05, 4.69) is 5.16 Å². The lowest BCUT2D eigenvalue weighted by Gasteiger charge is -1.99. The van der Waals surface area contributed by atoms with Crippen LogP contribution in [-0.4, -0.2) is 11.6 Å². The van der Waals surface area contributed by atoms with Crippen molar-refractivity contribution in [2.24, 2.45) is 10.9 Å². The molecule has 2 rings (SSSR count). The van der Waals surface area contributed by atoms with Crippen LogP contribution in [0.1, 0.15) is 12.0 Å². The number of oxime groups is 1. The maximum absolute atomic E-state index is 10.7. The van der Waals surface area contributed by atoms with Gasteiger partial charge in [0.05, 0.1) is 12.1 Å². The molecule has 0 aliphatic carbocycles. The van der Waals surface area contributed by atoms with Gasteiger partial charge in [-0.05, 0) is 18.2 Å². The predicted molar refractivity (Wildman–Crippen MR) is 57.4 cm³/mol. The van der Waals surface area contributed by atoms with E-state index in [1.54, 1.807) is 6.08 Å². The summed E-state index contributed by atoms with van der Waals surface area (Å²) in [4.78, 5) is 15.9. The number of hydrogen-bond acceptors (Lipinski definition) is 3. The van der Waals surface area contributed by atoms with E-state index in [0.29, 0.717) is 11.5 Å². The summed E-state index contributed by atoms with van der Waals surface area (Å²) in [6.45, 7) is 0. The van der Waals surface area contributed by atoms with Gasteiger partial charge in [-0.25, -0.2) is 0 Å². The lowest BCUT2D eigenvalue weighted by molar-refractivity contribution is -0.116. The minimum Gasteiger partial charge on any atom is -0.369 e. The molecule has 15 heavy (non-hydrogen) atoms. The van der Waals surface area contributed by atoms with Crippen molar-refractivity contribution in [2.45, 2.75) is 6.42 Å². The van der Waals surface area contributed by atoms with Crippen LogP contribution in [0.5, 0.6) is 5.75 Å². The van der Waals surface area contributed by atoms with Gasteiger partial charge in [0.15, 0.2) is 5.75 Å². The Morgan fingerprint density at radius 3 is 2.93 bits per heavy atom. The van der Waals surface area contributed by atoms with Crippen LogP contribution in [0.2, 0.25) is 0 Å².